The molecular weight excluding hydrogens is 568 g/mol. The van der Waals surface area contributed by atoms with Gasteiger partial charge < -0.3 is 47.4 Å². The molecule has 0 unspecified atom stereocenters. The van der Waals surface area contributed by atoms with Crippen molar-refractivity contribution in [2.24, 2.45) is 11.5 Å². The maximum absolute atomic E-state index is 5.91. The van der Waals surface area contributed by atoms with E-state index in [9.17, 15) is 0 Å². The molecule has 0 aliphatic rings. The van der Waals surface area contributed by atoms with E-state index in [2.05, 4.69) is 70.5 Å². The van der Waals surface area contributed by atoms with Crippen molar-refractivity contribution in [3.63, 3.8) is 0 Å². The van der Waals surface area contributed by atoms with Gasteiger partial charge in [0.05, 0.1) is 0 Å². The van der Waals surface area contributed by atoms with Gasteiger partial charge in [-0.3, -0.25) is 0 Å². The number of hydrogen-bond acceptors (Lipinski definition) is 13. The van der Waals surface area contributed by atoms with Crippen LogP contribution in [-0.4, -0.2) is 96.8 Å². The quantitative estimate of drug-likeness (QED) is 0.0604. The number of rotatable bonds is 23. The minimum atomic E-state index is 0.521. The summed E-state index contributed by atoms with van der Waals surface area (Å²) in [4.78, 5) is 20.9. The van der Waals surface area contributed by atoms with E-state index in [1.807, 2.05) is 36.4 Å². The maximum atomic E-state index is 5.91. The Bertz CT molecular complexity index is 1340. The third kappa shape index (κ3) is 11.9. The predicted molar refractivity (Wildman–Crippen MR) is 183 cm³/mol. The molecule has 13 nitrogen and oxygen atoms in total. The Morgan fingerprint density at radius 3 is 1.91 bits per heavy atom. The molecule has 0 aliphatic heterocycles. The predicted octanol–water partition coefficient (Wildman–Crippen LogP) is 2.70. The molecule has 0 aliphatic carbocycles. The van der Waals surface area contributed by atoms with Crippen LogP contribution in [0.1, 0.15) is 31.7 Å². The summed E-state index contributed by atoms with van der Waals surface area (Å²) in [6, 6.07) is 15.9. The molecule has 2 heterocycles. The van der Waals surface area contributed by atoms with Gasteiger partial charge in [-0.2, -0.15) is 15.0 Å². The number of unbranched alkanes of at least 4 members (excludes halogenated alkanes) is 1. The van der Waals surface area contributed by atoms with Crippen LogP contribution >= 0.6 is 0 Å². The highest BCUT2D eigenvalue weighted by atomic mass is 16.3. The lowest BCUT2D eigenvalue weighted by Crippen LogP contribution is -2.39. The number of nitrogens with one attached hydrogen (secondary N) is 5. The zero-order valence-corrected chi connectivity index (χ0v) is 26.5. The second kappa shape index (κ2) is 19.5. The van der Waals surface area contributed by atoms with E-state index in [1.54, 1.807) is 0 Å². The molecule has 0 spiro atoms. The van der Waals surface area contributed by atoms with Crippen LogP contribution in [0.2, 0.25) is 0 Å². The lowest BCUT2D eigenvalue weighted by atomic mass is 10.1. The van der Waals surface area contributed by atoms with Crippen molar-refractivity contribution in [1.82, 2.24) is 35.5 Å². The first-order valence-electron chi connectivity index (χ1n) is 16.1. The van der Waals surface area contributed by atoms with Gasteiger partial charge in [-0.15, -0.1) is 0 Å². The summed E-state index contributed by atoms with van der Waals surface area (Å²) in [5.74, 6) is 2.25. The van der Waals surface area contributed by atoms with Gasteiger partial charge >= 0.3 is 0 Å². The van der Waals surface area contributed by atoms with Crippen LogP contribution in [0, 0.1) is 0 Å². The number of nitrogens with two attached hydrogens (primary N) is 2. The highest BCUT2D eigenvalue weighted by molar-refractivity contribution is 5.76. The first kappa shape index (κ1) is 34.0. The smallest absolute Gasteiger partial charge is 0.229 e. The molecule has 0 radical (unpaired) electrons. The summed E-state index contributed by atoms with van der Waals surface area (Å²) < 4.78 is 5.91. The minimum Gasteiger partial charge on any atom is -0.436 e. The Kier molecular flexibility index (Phi) is 14.7. The average Bonchev–Trinajstić information content (AvgIpc) is 3.50. The third-order valence-corrected chi connectivity index (χ3v) is 7.18. The summed E-state index contributed by atoms with van der Waals surface area (Å²) in [7, 11) is 0. The first-order chi connectivity index (χ1) is 22.2. The molecule has 4 aromatic rings. The fraction of sp³-hybridized carbons (Fsp3) is 0.500. The molecule has 0 amide bonds. The molecule has 4 rings (SSSR count). The van der Waals surface area contributed by atoms with E-state index < -0.39 is 0 Å². The molecule has 0 saturated heterocycles. The highest BCUT2D eigenvalue weighted by Gasteiger charge is 2.10. The number of anilines is 3. The van der Waals surface area contributed by atoms with Gasteiger partial charge in [0.25, 0.3) is 0 Å². The molecule has 45 heavy (non-hydrogen) atoms. The van der Waals surface area contributed by atoms with E-state index in [1.165, 1.54) is 0 Å². The lowest BCUT2D eigenvalue weighted by Gasteiger charge is -2.23. The monoisotopic (exact) mass is 618 g/mol. The molecule has 0 fully saturated rings. The van der Waals surface area contributed by atoms with Crippen molar-refractivity contribution in [3.05, 3.63) is 54.1 Å². The van der Waals surface area contributed by atoms with Gasteiger partial charge in [-0.1, -0.05) is 37.6 Å². The van der Waals surface area contributed by atoms with Crippen LogP contribution in [0.5, 0.6) is 0 Å². The number of aromatic nitrogens is 4. The lowest BCUT2D eigenvalue weighted by molar-refractivity contribution is 0.272. The van der Waals surface area contributed by atoms with Crippen molar-refractivity contribution in [3.8, 4) is 11.5 Å². The molecule has 9 N–H and O–H groups in total. The third-order valence-electron chi connectivity index (χ3n) is 7.18. The summed E-state index contributed by atoms with van der Waals surface area (Å²) in [5, 5.41) is 16.9. The summed E-state index contributed by atoms with van der Waals surface area (Å²) >= 11 is 0. The number of benzene rings is 2. The highest BCUT2D eigenvalue weighted by Crippen LogP contribution is 2.24. The van der Waals surface area contributed by atoms with Crippen molar-refractivity contribution in [2.75, 3.05) is 87.9 Å². The Balaban J connectivity index is 1.31. The number of nitrogens with zero attached hydrogens (tertiary/aromatic N) is 5. The first-order valence-corrected chi connectivity index (χ1v) is 16.1. The molecule has 2 aromatic carbocycles. The zero-order chi connectivity index (χ0) is 31.5. The zero-order valence-electron chi connectivity index (χ0n) is 26.5. The fourth-order valence-electron chi connectivity index (χ4n) is 4.70. The normalized spacial score (nSPS) is 11.4. The number of oxazole rings is 1. The van der Waals surface area contributed by atoms with E-state index in [4.69, 9.17) is 15.9 Å². The molecule has 2 aromatic heterocycles. The molecule has 0 saturated carbocycles. The summed E-state index contributed by atoms with van der Waals surface area (Å²) in [6.07, 6.45) is 3.08. The van der Waals surface area contributed by atoms with Crippen molar-refractivity contribution >= 4 is 28.9 Å². The molecular formula is C32H50N12O. The van der Waals surface area contributed by atoms with Crippen LogP contribution in [0.15, 0.2) is 52.9 Å². The fourth-order valence-corrected chi connectivity index (χ4v) is 4.70. The van der Waals surface area contributed by atoms with Gasteiger partial charge in [0.1, 0.15) is 5.52 Å². The maximum Gasteiger partial charge on any atom is 0.229 e. The Hall–Kier alpha value is -3.88. The standard InChI is InChI=1S/C32H50N12O/c1-2-3-15-37-30-41-31(38-16-6-21-44(22-19-35-17-13-33)23-20-36-18-14-34)43-32(42-30)39-24-25-9-11-26(12-10-25)29-40-27-7-4-5-8-28(27)45-29/h4-5,7-12,35-36H,2-3,6,13-24,33-34H2,1H3,(H3,37,38,39,41,42,43). The van der Waals surface area contributed by atoms with E-state index in [-0.39, 0.29) is 0 Å². The van der Waals surface area contributed by atoms with Crippen LogP contribution in [-0.2, 0) is 6.54 Å². The average molecular weight is 619 g/mol. The SMILES string of the molecule is CCCCNc1nc(NCCCN(CCNCCN)CCNCCN)nc(NCc2ccc(-c3nc4ccccc4o3)cc2)n1. The van der Waals surface area contributed by atoms with Gasteiger partial charge in [-0.25, -0.2) is 4.98 Å². The second-order valence-corrected chi connectivity index (χ2v) is 10.8. The largest absolute Gasteiger partial charge is 0.436 e. The molecule has 0 atom stereocenters. The van der Waals surface area contributed by atoms with Crippen molar-refractivity contribution in [2.45, 2.75) is 32.7 Å². The Morgan fingerprint density at radius 2 is 1.29 bits per heavy atom. The molecule has 13 heteroatoms. The van der Waals surface area contributed by atoms with Crippen LogP contribution < -0.4 is 38.1 Å². The number of fused-ring (bicyclic) bond motifs is 1. The Labute approximate surface area is 266 Å². The number of hydrogen-bond donors (Lipinski definition) is 7. The van der Waals surface area contributed by atoms with Gasteiger partial charge in [0, 0.05) is 77.6 Å². The van der Waals surface area contributed by atoms with E-state index in [0.717, 1.165) is 100 Å². The number of para-hydroxylation sites is 2. The van der Waals surface area contributed by atoms with Gasteiger partial charge in [-0.05, 0) is 49.2 Å². The molecule has 244 valence electrons. The molecule has 0 bridgehead atoms. The summed E-state index contributed by atoms with van der Waals surface area (Å²) in [6.45, 7) is 11.9. The van der Waals surface area contributed by atoms with Crippen LogP contribution in [0.25, 0.3) is 22.6 Å². The van der Waals surface area contributed by atoms with E-state index in [0.29, 0.717) is 43.4 Å². The minimum absolute atomic E-state index is 0.521. The second-order valence-electron chi connectivity index (χ2n) is 10.8. The van der Waals surface area contributed by atoms with Crippen molar-refractivity contribution in [1.29, 1.82) is 0 Å². The van der Waals surface area contributed by atoms with Gasteiger partial charge in [0.2, 0.25) is 23.7 Å². The topological polar surface area (TPSA) is 180 Å². The van der Waals surface area contributed by atoms with Gasteiger partial charge in [0.15, 0.2) is 5.58 Å². The van der Waals surface area contributed by atoms with Crippen molar-refractivity contribution < 1.29 is 4.42 Å². The Morgan fingerprint density at radius 1 is 0.667 bits per heavy atom. The summed E-state index contributed by atoms with van der Waals surface area (Å²) in [5.41, 5.74) is 14.9. The van der Waals surface area contributed by atoms with Crippen LogP contribution in [0.3, 0.4) is 0 Å². The van der Waals surface area contributed by atoms with E-state index >= 15 is 0 Å². The van der Waals surface area contributed by atoms with Crippen LogP contribution in [0.4, 0.5) is 17.8 Å².